The van der Waals surface area contributed by atoms with Crippen LogP contribution in [0.1, 0.15) is 11.1 Å². The van der Waals surface area contributed by atoms with E-state index >= 15 is 0 Å². The lowest BCUT2D eigenvalue weighted by Crippen LogP contribution is -2.14. The van der Waals surface area contributed by atoms with Gasteiger partial charge in [0.15, 0.2) is 6.79 Å². The molecule has 0 radical (unpaired) electrons. The van der Waals surface area contributed by atoms with Crippen molar-refractivity contribution in [2.24, 2.45) is 0 Å². The molecule has 2 aromatic rings. The SMILES string of the molecule is Nc1cc2c(c(COc3c(Br)cccc3Br)c1)OCOC2. The summed E-state index contributed by atoms with van der Waals surface area (Å²) in [5.74, 6) is 1.55. The number of halogens is 2. The molecule has 21 heavy (non-hydrogen) atoms. The highest BCUT2D eigenvalue weighted by Crippen LogP contribution is 2.36. The van der Waals surface area contributed by atoms with E-state index in [4.69, 9.17) is 19.9 Å². The smallest absolute Gasteiger partial charge is 0.189 e. The molecular formula is C15H13Br2NO3. The first-order chi connectivity index (χ1) is 10.1. The second-order valence-corrected chi connectivity index (χ2v) is 6.33. The van der Waals surface area contributed by atoms with Gasteiger partial charge in [-0.15, -0.1) is 0 Å². The third kappa shape index (κ3) is 3.17. The summed E-state index contributed by atoms with van der Waals surface area (Å²) in [6.45, 7) is 1.13. The van der Waals surface area contributed by atoms with Gasteiger partial charge >= 0.3 is 0 Å². The quantitative estimate of drug-likeness (QED) is 0.763. The maximum atomic E-state index is 5.93. The Bertz CT molecular complexity index is 656. The Morgan fingerprint density at radius 3 is 2.71 bits per heavy atom. The molecule has 0 amide bonds. The highest BCUT2D eigenvalue weighted by molar-refractivity contribution is 9.11. The number of nitrogen functional groups attached to an aromatic ring is 1. The molecule has 0 bridgehead atoms. The van der Waals surface area contributed by atoms with Crippen LogP contribution < -0.4 is 15.2 Å². The van der Waals surface area contributed by atoms with Crippen LogP contribution in [-0.4, -0.2) is 6.79 Å². The van der Waals surface area contributed by atoms with E-state index in [0.717, 1.165) is 31.6 Å². The van der Waals surface area contributed by atoms with Gasteiger partial charge in [0.1, 0.15) is 18.1 Å². The van der Waals surface area contributed by atoms with Gasteiger partial charge in [-0.2, -0.15) is 0 Å². The topological polar surface area (TPSA) is 53.7 Å². The molecule has 0 spiro atoms. The molecule has 0 saturated heterocycles. The molecular weight excluding hydrogens is 402 g/mol. The Kier molecular flexibility index (Phi) is 4.37. The Hall–Kier alpha value is -1.24. The summed E-state index contributed by atoms with van der Waals surface area (Å²) in [5.41, 5.74) is 8.46. The van der Waals surface area contributed by atoms with Gasteiger partial charge in [-0.3, -0.25) is 0 Å². The molecule has 0 unspecified atom stereocenters. The minimum Gasteiger partial charge on any atom is -0.486 e. The van der Waals surface area contributed by atoms with Crippen molar-refractivity contribution >= 4 is 37.5 Å². The van der Waals surface area contributed by atoms with E-state index in [1.807, 2.05) is 30.3 Å². The standard InChI is InChI=1S/C15H13Br2NO3/c16-12-2-1-3-13(17)15(12)20-7-10-5-11(18)4-9-6-19-8-21-14(9)10/h1-5H,6-8,18H2. The largest absolute Gasteiger partial charge is 0.486 e. The summed E-state index contributed by atoms with van der Waals surface area (Å²) in [5, 5.41) is 0. The molecule has 1 heterocycles. The third-order valence-corrected chi connectivity index (χ3v) is 4.35. The molecule has 1 aliphatic rings. The Morgan fingerprint density at radius 2 is 1.95 bits per heavy atom. The summed E-state index contributed by atoms with van der Waals surface area (Å²) in [6.07, 6.45) is 0. The summed E-state index contributed by atoms with van der Waals surface area (Å²) in [6, 6.07) is 9.53. The molecule has 3 rings (SSSR count). The fourth-order valence-electron chi connectivity index (χ4n) is 2.20. The van der Waals surface area contributed by atoms with E-state index in [9.17, 15) is 0 Å². The van der Waals surface area contributed by atoms with Crippen LogP contribution in [0.25, 0.3) is 0 Å². The second kappa shape index (κ2) is 6.25. The van der Waals surface area contributed by atoms with Crippen LogP contribution in [0, 0.1) is 0 Å². The van der Waals surface area contributed by atoms with Gasteiger partial charge < -0.3 is 19.9 Å². The fraction of sp³-hybridized carbons (Fsp3) is 0.200. The zero-order chi connectivity index (χ0) is 14.8. The molecule has 0 fully saturated rings. The highest BCUT2D eigenvalue weighted by atomic mass is 79.9. The summed E-state index contributed by atoms with van der Waals surface area (Å²) < 4.78 is 18.5. The monoisotopic (exact) mass is 413 g/mol. The zero-order valence-corrected chi connectivity index (χ0v) is 14.2. The van der Waals surface area contributed by atoms with Gasteiger partial charge in [-0.05, 0) is 56.1 Å². The van der Waals surface area contributed by atoms with Gasteiger partial charge in [0, 0.05) is 16.8 Å². The number of para-hydroxylation sites is 1. The molecule has 0 aromatic heterocycles. The number of hydrogen-bond acceptors (Lipinski definition) is 4. The number of benzene rings is 2. The Balaban J connectivity index is 1.87. The van der Waals surface area contributed by atoms with Crippen LogP contribution in [0.3, 0.4) is 0 Å². The summed E-state index contributed by atoms with van der Waals surface area (Å²) >= 11 is 6.96. The van der Waals surface area contributed by atoms with E-state index < -0.39 is 0 Å². The molecule has 0 saturated carbocycles. The van der Waals surface area contributed by atoms with E-state index in [0.29, 0.717) is 18.9 Å². The third-order valence-electron chi connectivity index (χ3n) is 3.10. The highest BCUT2D eigenvalue weighted by Gasteiger charge is 2.17. The number of ether oxygens (including phenoxy) is 3. The van der Waals surface area contributed by atoms with E-state index in [2.05, 4.69) is 31.9 Å². The average molecular weight is 415 g/mol. The lowest BCUT2D eigenvalue weighted by molar-refractivity contribution is -0.0175. The molecule has 6 heteroatoms. The van der Waals surface area contributed by atoms with Gasteiger partial charge in [-0.1, -0.05) is 6.07 Å². The van der Waals surface area contributed by atoms with Crippen molar-refractivity contribution in [3.05, 3.63) is 50.4 Å². The van der Waals surface area contributed by atoms with Gasteiger partial charge in [0.05, 0.1) is 15.6 Å². The summed E-state index contributed by atoms with van der Waals surface area (Å²) in [4.78, 5) is 0. The van der Waals surface area contributed by atoms with Crippen LogP contribution in [0.5, 0.6) is 11.5 Å². The Labute approximate surface area is 139 Å². The number of fused-ring (bicyclic) bond motifs is 1. The van der Waals surface area contributed by atoms with Gasteiger partial charge in [0.2, 0.25) is 0 Å². The van der Waals surface area contributed by atoms with Crippen molar-refractivity contribution in [2.75, 3.05) is 12.5 Å². The number of hydrogen-bond donors (Lipinski definition) is 1. The number of nitrogens with two attached hydrogens (primary N) is 1. The molecule has 2 aromatic carbocycles. The van der Waals surface area contributed by atoms with Crippen LogP contribution in [0.2, 0.25) is 0 Å². The minimum absolute atomic E-state index is 0.253. The van der Waals surface area contributed by atoms with E-state index in [1.54, 1.807) is 0 Å². The number of anilines is 1. The van der Waals surface area contributed by atoms with Crippen LogP contribution in [0.4, 0.5) is 5.69 Å². The minimum atomic E-state index is 0.253. The fourth-order valence-corrected chi connectivity index (χ4v) is 3.43. The first kappa shape index (κ1) is 14.7. The van der Waals surface area contributed by atoms with Crippen LogP contribution in [0.15, 0.2) is 39.3 Å². The first-order valence-electron chi connectivity index (χ1n) is 6.34. The lowest BCUT2D eigenvalue weighted by Gasteiger charge is -2.21. The maximum absolute atomic E-state index is 5.93. The van der Waals surface area contributed by atoms with Crippen molar-refractivity contribution in [3.63, 3.8) is 0 Å². The summed E-state index contributed by atoms with van der Waals surface area (Å²) in [7, 11) is 0. The van der Waals surface area contributed by atoms with Crippen LogP contribution >= 0.6 is 31.9 Å². The van der Waals surface area contributed by atoms with Gasteiger partial charge in [0.25, 0.3) is 0 Å². The van der Waals surface area contributed by atoms with Crippen LogP contribution in [-0.2, 0) is 18.0 Å². The Morgan fingerprint density at radius 1 is 1.19 bits per heavy atom. The second-order valence-electron chi connectivity index (χ2n) is 4.62. The predicted molar refractivity (Wildman–Crippen MR) is 87.3 cm³/mol. The molecule has 4 nitrogen and oxygen atoms in total. The maximum Gasteiger partial charge on any atom is 0.189 e. The van der Waals surface area contributed by atoms with Crippen molar-refractivity contribution in [1.29, 1.82) is 0 Å². The van der Waals surface area contributed by atoms with E-state index in [1.165, 1.54) is 0 Å². The molecule has 0 atom stereocenters. The first-order valence-corrected chi connectivity index (χ1v) is 7.92. The average Bonchev–Trinajstić information content (AvgIpc) is 2.46. The van der Waals surface area contributed by atoms with E-state index in [-0.39, 0.29) is 6.79 Å². The normalized spacial score (nSPS) is 13.4. The zero-order valence-electron chi connectivity index (χ0n) is 11.1. The lowest BCUT2D eigenvalue weighted by atomic mass is 10.1. The van der Waals surface area contributed by atoms with Crippen molar-refractivity contribution < 1.29 is 14.2 Å². The van der Waals surface area contributed by atoms with Crippen molar-refractivity contribution in [2.45, 2.75) is 13.2 Å². The predicted octanol–water partition coefficient (Wildman–Crippen LogP) is 4.24. The molecule has 0 aliphatic carbocycles. The molecule has 2 N–H and O–H groups in total. The number of rotatable bonds is 3. The van der Waals surface area contributed by atoms with Crippen molar-refractivity contribution in [1.82, 2.24) is 0 Å². The molecule has 110 valence electrons. The molecule has 1 aliphatic heterocycles. The van der Waals surface area contributed by atoms with Crippen molar-refractivity contribution in [3.8, 4) is 11.5 Å². The van der Waals surface area contributed by atoms with Gasteiger partial charge in [-0.25, -0.2) is 0 Å².